The largest absolute Gasteiger partial charge is 0.482 e. The number of anilines is 1. The Morgan fingerprint density at radius 2 is 2.03 bits per heavy atom. The molecule has 2 atom stereocenters. The molecule has 5 rings (SSSR count). The maximum Gasteiger partial charge on any atom is 0.166 e. The van der Waals surface area contributed by atoms with Crippen LogP contribution in [-0.4, -0.2) is 40.1 Å². The monoisotopic (exact) mass is 507 g/mol. The molecule has 2 aliphatic heterocycles. The Bertz CT molecular complexity index is 1170. The molecule has 1 spiro atoms. The van der Waals surface area contributed by atoms with Crippen LogP contribution >= 0.6 is 23.2 Å². The fourth-order valence-electron chi connectivity index (χ4n) is 4.20. The lowest BCUT2D eigenvalue weighted by Crippen LogP contribution is -2.59. The van der Waals surface area contributed by atoms with Crippen molar-refractivity contribution in [1.29, 1.82) is 0 Å². The van der Waals surface area contributed by atoms with Crippen molar-refractivity contribution in [2.45, 2.75) is 44.9 Å². The van der Waals surface area contributed by atoms with E-state index in [-0.39, 0.29) is 22.5 Å². The van der Waals surface area contributed by atoms with Crippen LogP contribution in [0.15, 0.2) is 36.8 Å². The molecule has 4 heterocycles. The Balaban J connectivity index is 0.00000133. The van der Waals surface area contributed by atoms with E-state index in [9.17, 15) is 4.39 Å². The van der Waals surface area contributed by atoms with E-state index in [0.717, 1.165) is 30.6 Å². The zero-order valence-electron chi connectivity index (χ0n) is 19.3. The highest BCUT2D eigenvalue weighted by Crippen LogP contribution is 2.38. The molecule has 7 nitrogen and oxygen atoms in total. The van der Waals surface area contributed by atoms with E-state index in [4.69, 9.17) is 38.4 Å². The van der Waals surface area contributed by atoms with E-state index in [0.29, 0.717) is 22.9 Å². The highest BCUT2D eigenvalue weighted by molar-refractivity contribution is 6.36. The summed E-state index contributed by atoms with van der Waals surface area (Å²) in [5.74, 6) is -0.00719. The molecule has 182 valence electrons. The molecule has 2 aliphatic rings. The second-order valence-corrected chi connectivity index (χ2v) is 9.07. The Morgan fingerprint density at radius 3 is 2.71 bits per heavy atom. The van der Waals surface area contributed by atoms with Crippen LogP contribution in [0.2, 0.25) is 10.0 Å². The molecule has 10 heteroatoms. The molecule has 2 fully saturated rings. The van der Waals surface area contributed by atoms with Crippen molar-refractivity contribution < 1.29 is 13.9 Å². The molecule has 3 N–H and O–H groups in total. The maximum atomic E-state index is 13.9. The van der Waals surface area contributed by atoms with Crippen LogP contribution in [0, 0.1) is 5.82 Å². The predicted molar refractivity (Wildman–Crippen MR) is 132 cm³/mol. The second-order valence-electron chi connectivity index (χ2n) is 8.29. The standard InChI is InChI=1S/C22H22Cl2FN5O2.C2H6/c1-12(19-16(23)2-3-17(25)20(19)24)32-18-4-13(6-28-21(18)26)14-7-29-30(8-14)15-5-22(31-9-15)10-27-11-22;1-2/h2-4,6-8,12,15,27H,5,9-11H2,1H3,(H2,26,28);1-2H3. The smallest absolute Gasteiger partial charge is 0.166 e. The third-order valence-electron chi connectivity index (χ3n) is 6.06. The predicted octanol–water partition coefficient (Wildman–Crippen LogP) is 5.44. The first-order chi connectivity index (χ1) is 16.3. The number of hydrogen-bond acceptors (Lipinski definition) is 6. The number of benzene rings is 1. The summed E-state index contributed by atoms with van der Waals surface area (Å²) in [4.78, 5) is 4.26. The molecule has 0 aliphatic carbocycles. The van der Waals surface area contributed by atoms with Gasteiger partial charge in [-0.2, -0.15) is 5.10 Å². The number of nitrogens with one attached hydrogen (secondary N) is 1. The Labute approximate surface area is 208 Å². The van der Waals surface area contributed by atoms with Crippen LogP contribution in [-0.2, 0) is 4.74 Å². The Morgan fingerprint density at radius 1 is 1.26 bits per heavy atom. The first-order valence-electron chi connectivity index (χ1n) is 11.3. The van der Waals surface area contributed by atoms with Crippen LogP contribution < -0.4 is 15.8 Å². The van der Waals surface area contributed by atoms with E-state index in [1.807, 2.05) is 24.7 Å². The summed E-state index contributed by atoms with van der Waals surface area (Å²) in [6.45, 7) is 8.14. The summed E-state index contributed by atoms with van der Waals surface area (Å²) < 4.78 is 27.8. The fraction of sp³-hybridized carbons (Fsp3) is 0.417. The van der Waals surface area contributed by atoms with Crippen molar-refractivity contribution in [1.82, 2.24) is 20.1 Å². The highest BCUT2D eigenvalue weighted by atomic mass is 35.5. The van der Waals surface area contributed by atoms with Gasteiger partial charge in [0.05, 0.1) is 29.5 Å². The van der Waals surface area contributed by atoms with Gasteiger partial charge in [0, 0.05) is 53.6 Å². The molecular formula is C24H28Cl2FN5O2. The van der Waals surface area contributed by atoms with Gasteiger partial charge in [-0.3, -0.25) is 4.68 Å². The van der Waals surface area contributed by atoms with Crippen LogP contribution in [0.4, 0.5) is 10.2 Å². The van der Waals surface area contributed by atoms with Crippen molar-refractivity contribution in [2.24, 2.45) is 0 Å². The topological polar surface area (TPSA) is 87.2 Å². The van der Waals surface area contributed by atoms with Gasteiger partial charge in [-0.1, -0.05) is 37.0 Å². The number of aromatic nitrogens is 3. The number of pyridine rings is 1. The summed E-state index contributed by atoms with van der Waals surface area (Å²) in [5.41, 5.74) is 8.02. The lowest BCUT2D eigenvalue weighted by atomic mass is 9.92. The van der Waals surface area contributed by atoms with Gasteiger partial charge in [0.25, 0.3) is 0 Å². The fourth-order valence-corrected chi connectivity index (χ4v) is 4.88. The molecule has 34 heavy (non-hydrogen) atoms. The van der Waals surface area contributed by atoms with E-state index in [2.05, 4.69) is 15.4 Å². The molecule has 3 aromatic rings. The van der Waals surface area contributed by atoms with Gasteiger partial charge in [0.15, 0.2) is 11.6 Å². The number of ether oxygens (including phenoxy) is 2. The highest BCUT2D eigenvalue weighted by Gasteiger charge is 2.46. The van der Waals surface area contributed by atoms with Crippen LogP contribution in [0.3, 0.4) is 0 Å². The zero-order valence-corrected chi connectivity index (χ0v) is 20.8. The van der Waals surface area contributed by atoms with Crippen molar-refractivity contribution in [2.75, 3.05) is 25.4 Å². The number of halogens is 3. The molecule has 0 bridgehead atoms. The van der Waals surface area contributed by atoms with Gasteiger partial charge in [-0.05, 0) is 25.1 Å². The minimum atomic E-state index is -0.643. The van der Waals surface area contributed by atoms with E-state index >= 15 is 0 Å². The third-order valence-corrected chi connectivity index (χ3v) is 6.78. The van der Waals surface area contributed by atoms with Crippen molar-refractivity contribution in [3.05, 3.63) is 58.2 Å². The summed E-state index contributed by atoms with van der Waals surface area (Å²) in [5, 5.41) is 8.04. The average Bonchev–Trinajstić information content (AvgIpc) is 3.47. The van der Waals surface area contributed by atoms with Crippen molar-refractivity contribution >= 4 is 29.0 Å². The van der Waals surface area contributed by atoms with E-state index < -0.39 is 11.9 Å². The molecular weight excluding hydrogens is 480 g/mol. The molecule has 2 unspecified atom stereocenters. The van der Waals surface area contributed by atoms with Gasteiger partial charge in [0.1, 0.15) is 11.9 Å². The van der Waals surface area contributed by atoms with Gasteiger partial charge >= 0.3 is 0 Å². The summed E-state index contributed by atoms with van der Waals surface area (Å²) >= 11 is 12.3. The molecule has 0 radical (unpaired) electrons. The van der Waals surface area contributed by atoms with Gasteiger partial charge in [-0.15, -0.1) is 0 Å². The minimum absolute atomic E-state index is 0.0455. The number of nitrogens with zero attached hydrogens (tertiary/aromatic N) is 3. The number of rotatable bonds is 5. The van der Waals surface area contributed by atoms with E-state index in [1.54, 1.807) is 25.4 Å². The maximum absolute atomic E-state index is 13.9. The van der Waals surface area contributed by atoms with Gasteiger partial charge in [-0.25, -0.2) is 9.37 Å². The lowest BCUT2D eigenvalue weighted by molar-refractivity contribution is -0.0362. The van der Waals surface area contributed by atoms with Crippen LogP contribution in [0.1, 0.15) is 44.9 Å². The molecule has 2 aromatic heterocycles. The van der Waals surface area contributed by atoms with Gasteiger partial charge in [0.2, 0.25) is 0 Å². The number of hydrogen-bond donors (Lipinski definition) is 2. The SMILES string of the molecule is CC.CC(Oc1cc(-c2cnn(C3COC4(CNC4)C3)c2)cnc1N)c1c(Cl)ccc(F)c1Cl. The second kappa shape index (κ2) is 10.1. The summed E-state index contributed by atoms with van der Waals surface area (Å²) in [6, 6.07) is 4.64. The first-order valence-corrected chi connectivity index (χ1v) is 12.1. The third kappa shape index (κ3) is 4.73. The quantitative estimate of drug-likeness (QED) is 0.447. The van der Waals surface area contributed by atoms with Crippen molar-refractivity contribution in [3.8, 4) is 16.9 Å². The Hall–Kier alpha value is -2.39. The lowest BCUT2D eigenvalue weighted by Gasteiger charge is -2.38. The van der Waals surface area contributed by atoms with Gasteiger partial charge < -0.3 is 20.5 Å². The van der Waals surface area contributed by atoms with Crippen molar-refractivity contribution in [3.63, 3.8) is 0 Å². The number of nitrogens with two attached hydrogens (primary N) is 1. The van der Waals surface area contributed by atoms with E-state index in [1.165, 1.54) is 12.1 Å². The molecule has 1 aromatic carbocycles. The zero-order chi connectivity index (χ0) is 24.5. The Kier molecular flexibility index (Phi) is 7.33. The summed E-state index contributed by atoms with van der Waals surface area (Å²) in [6.07, 6.45) is 5.71. The first kappa shape index (κ1) is 24.7. The minimum Gasteiger partial charge on any atom is -0.482 e. The van der Waals surface area contributed by atoms with Crippen LogP contribution in [0.25, 0.3) is 11.1 Å². The molecule has 0 saturated carbocycles. The summed E-state index contributed by atoms with van der Waals surface area (Å²) in [7, 11) is 0. The number of nitrogen functional groups attached to an aromatic ring is 1. The molecule has 0 amide bonds. The van der Waals surface area contributed by atoms with Crippen LogP contribution in [0.5, 0.6) is 5.75 Å². The average molecular weight is 508 g/mol. The molecule has 2 saturated heterocycles. The normalized spacial score (nSPS) is 19.3.